The largest absolute Gasteiger partial charge is 0.381 e. The Morgan fingerprint density at radius 2 is 2.12 bits per heavy atom. The number of pyridine rings is 1. The zero-order chi connectivity index (χ0) is 17.3. The van der Waals surface area contributed by atoms with E-state index in [0.29, 0.717) is 24.2 Å². The predicted molar refractivity (Wildman–Crippen MR) is 94.6 cm³/mol. The summed E-state index contributed by atoms with van der Waals surface area (Å²) in [7, 11) is 0. The van der Waals surface area contributed by atoms with Gasteiger partial charge in [-0.05, 0) is 32.1 Å². The Morgan fingerprint density at radius 3 is 2.92 bits per heavy atom. The van der Waals surface area contributed by atoms with Gasteiger partial charge in [0.15, 0.2) is 0 Å². The maximum Gasteiger partial charge on any atom is 0.230 e. The van der Waals surface area contributed by atoms with Crippen molar-refractivity contribution in [2.24, 2.45) is 5.41 Å². The van der Waals surface area contributed by atoms with Gasteiger partial charge >= 0.3 is 0 Å². The third-order valence-electron chi connectivity index (χ3n) is 5.94. The number of hydrogen-bond acceptors (Lipinski definition) is 4. The van der Waals surface area contributed by atoms with Crippen molar-refractivity contribution in [3.63, 3.8) is 0 Å². The van der Waals surface area contributed by atoms with Crippen LogP contribution in [0, 0.1) is 12.0 Å². The second-order valence-electron chi connectivity index (χ2n) is 7.36. The molecule has 3 fully saturated rings. The SMILES string of the molecule is [C-]#[N+]c1cccnc1N1CCC[C@@]2(CCN(C3CCOCC3)C2=O)C1. The van der Waals surface area contributed by atoms with Crippen molar-refractivity contribution in [3.8, 4) is 0 Å². The fourth-order valence-corrected chi connectivity index (χ4v) is 4.60. The Kier molecular flexibility index (Phi) is 4.34. The summed E-state index contributed by atoms with van der Waals surface area (Å²) in [6.45, 7) is 11.3. The molecule has 0 N–H and O–H groups in total. The number of aromatic nitrogens is 1. The standard InChI is InChI=1S/C19H24N4O2/c1-20-16-4-2-9-21-17(16)22-10-3-7-19(14-22)8-11-23(18(19)24)15-5-12-25-13-6-15/h2,4,9,15H,3,5-8,10-14H2/t19-/m1/s1. The van der Waals surface area contributed by atoms with Gasteiger partial charge in [0.1, 0.15) is 5.82 Å². The highest BCUT2D eigenvalue weighted by Crippen LogP contribution is 2.43. The summed E-state index contributed by atoms with van der Waals surface area (Å²) in [4.78, 5) is 25.6. The van der Waals surface area contributed by atoms with E-state index in [0.717, 1.165) is 64.2 Å². The van der Waals surface area contributed by atoms with E-state index in [9.17, 15) is 4.79 Å². The molecule has 0 bridgehead atoms. The molecule has 0 unspecified atom stereocenters. The van der Waals surface area contributed by atoms with E-state index in [1.807, 2.05) is 0 Å². The Bertz CT molecular complexity index is 695. The lowest BCUT2D eigenvalue weighted by Gasteiger charge is -2.41. The van der Waals surface area contributed by atoms with Crippen LogP contribution in [-0.2, 0) is 9.53 Å². The minimum Gasteiger partial charge on any atom is -0.381 e. The quantitative estimate of drug-likeness (QED) is 0.777. The first-order valence-corrected chi connectivity index (χ1v) is 9.20. The van der Waals surface area contributed by atoms with Crippen LogP contribution < -0.4 is 4.90 Å². The average Bonchev–Trinajstić information content (AvgIpc) is 2.98. The van der Waals surface area contributed by atoms with Crippen molar-refractivity contribution in [3.05, 3.63) is 29.7 Å². The zero-order valence-corrected chi connectivity index (χ0v) is 14.5. The molecule has 132 valence electrons. The third kappa shape index (κ3) is 2.87. The van der Waals surface area contributed by atoms with E-state index in [2.05, 4.69) is 19.6 Å². The highest BCUT2D eigenvalue weighted by atomic mass is 16.5. The molecule has 0 aromatic carbocycles. The lowest BCUT2D eigenvalue weighted by Crippen LogP contribution is -2.50. The lowest BCUT2D eigenvalue weighted by molar-refractivity contribution is -0.139. The normalized spacial score (nSPS) is 27.7. The summed E-state index contributed by atoms with van der Waals surface area (Å²) in [5, 5.41) is 0. The predicted octanol–water partition coefficient (Wildman–Crippen LogP) is 2.63. The van der Waals surface area contributed by atoms with Gasteiger partial charge in [0.05, 0.1) is 12.0 Å². The fraction of sp³-hybridized carbons (Fsp3) is 0.632. The van der Waals surface area contributed by atoms with Crippen LogP contribution in [0.15, 0.2) is 18.3 Å². The van der Waals surface area contributed by atoms with Crippen molar-refractivity contribution in [1.29, 1.82) is 0 Å². The van der Waals surface area contributed by atoms with Gasteiger partial charge in [-0.15, -0.1) is 0 Å². The van der Waals surface area contributed by atoms with Crippen LogP contribution in [-0.4, -0.2) is 54.7 Å². The molecule has 0 radical (unpaired) electrons. The molecular weight excluding hydrogens is 316 g/mol. The molecule has 6 heteroatoms. The topological polar surface area (TPSA) is 50.0 Å². The minimum absolute atomic E-state index is 0.298. The van der Waals surface area contributed by atoms with Gasteiger partial charge in [-0.3, -0.25) is 9.78 Å². The number of anilines is 1. The minimum atomic E-state index is -0.298. The number of carbonyl (C=O) groups excluding carboxylic acids is 1. The highest BCUT2D eigenvalue weighted by Gasteiger charge is 2.50. The van der Waals surface area contributed by atoms with Gasteiger partial charge in [0, 0.05) is 45.1 Å². The lowest BCUT2D eigenvalue weighted by atomic mass is 9.78. The summed E-state index contributed by atoms with van der Waals surface area (Å²) in [5.74, 6) is 1.04. The van der Waals surface area contributed by atoms with E-state index < -0.39 is 0 Å². The molecule has 3 saturated heterocycles. The Labute approximate surface area is 148 Å². The van der Waals surface area contributed by atoms with Crippen LogP contribution >= 0.6 is 0 Å². The Morgan fingerprint density at radius 1 is 1.28 bits per heavy atom. The number of likely N-dealkylation sites (tertiary alicyclic amines) is 1. The average molecular weight is 340 g/mol. The number of piperidine rings is 1. The van der Waals surface area contributed by atoms with E-state index in [1.54, 1.807) is 18.3 Å². The van der Waals surface area contributed by atoms with Gasteiger partial charge in [0.25, 0.3) is 0 Å². The Hall–Kier alpha value is -2.13. The maximum atomic E-state index is 13.3. The summed E-state index contributed by atoms with van der Waals surface area (Å²) < 4.78 is 5.45. The molecule has 1 amide bonds. The number of amides is 1. The van der Waals surface area contributed by atoms with E-state index >= 15 is 0 Å². The molecule has 4 heterocycles. The molecule has 25 heavy (non-hydrogen) atoms. The van der Waals surface area contributed by atoms with Crippen LogP contribution in [0.4, 0.5) is 11.5 Å². The molecule has 1 atom stereocenters. The molecule has 6 nitrogen and oxygen atoms in total. The molecule has 1 spiro atoms. The molecule has 0 aliphatic carbocycles. The molecule has 1 aromatic rings. The molecule has 0 saturated carbocycles. The monoisotopic (exact) mass is 340 g/mol. The van der Waals surface area contributed by atoms with Crippen LogP contribution in [0.2, 0.25) is 0 Å². The van der Waals surface area contributed by atoms with Gasteiger partial charge in [-0.2, -0.15) is 0 Å². The molecule has 1 aromatic heterocycles. The number of carbonyl (C=O) groups is 1. The van der Waals surface area contributed by atoms with Crippen molar-refractivity contribution < 1.29 is 9.53 Å². The first-order chi connectivity index (χ1) is 12.2. The third-order valence-corrected chi connectivity index (χ3v) is 5.94. The van der Waals surface area contributed by atoms with Crippen LogP contribution in [0.5, 0.6) is 0 Å². The van der Waals surface area contributed by atoms with Crippen molar-refractivity contribution in [2.45, 2.75) is 38.1 Å². The zero-order valence-electron chi connectivity index (χ0n) is 14.5. The first kappa shape index (κ1) is 16.3. The van der Waals surface area contributed by atoms with E-state index in [-0.39, 0.29) is 5.41 Å². The second-order valence-corrected chi connectivity index (χ2v) is 7.36. The van der Waals surface area contributed by atoms with Crippen molar-refractivity contribution in [2.75, 3.05) is 37.7 Å². The number of hydrogen-bond donors (Lipinski definition) is 0. The first-order valence-electron chi connectivity index (χ1n) is 9.20. The second kappa shape index (κ2) is 6.64. The maximum absolute atomic E-state index is 13.3. The smallest absolute Gasteiger partial charge is 0.230 e. The molecule has 3 aliphatic heterocycles. The number of ether oxygens (including phenoxy) is 1. The molecular formula is C19H24N4O2. The van der Waals surface area contributed by atoms with E-state index in [4.69, 9.17) is 11.3 Å². The molecule has 4 rings (SSSR count). The van der Waals surface area contributed by atoms with Crippen molar-refractivity contribution in [1.82, 2.24) is 9.88 Å². The van der Waals surface area contributed by atoms with Gasteiger partial charge < -0.3 is 14.5 Å². The van der Waals surface area contributed by atoms with Crippen LogP contribution in [0.1, 0.15) is 32.1 Å². The summed E-state index contributed by atoms with van der Waals surface area (Å²) in [6.07, 6.45) is 6.47. The summed E-state index contributed by atoms with van der Waals surface area (Å²) >= 11 is 0. The Balaban J connectivity index is 1.54. The fourth-order valence-electron chi connectivity index (χ4n) is 4.60. The van der Waals surface area contributed by atoms with Crippen molar-refractivity contribution >= 4 is 17.4 Å². The van der Waals surface area contributed by atoms with Gasteiger partial charge in [-0.1, -0.05) is 12.1 Å². The van der Waals surface area contributed by atoms with Gasteiger partial charge in [0.2, 0.25) is 11.6 Å². The number of nitrogens with zero attached hydrogens (tertiary/aromatic N) is 4. The summed E-state index contributed by atoms with van der Waals surface area (Å²) in [5.41, 5.74) is 0.277. The number of rotatable bonds is 2. The molecule has 3 aliphatic rings. The van der Waals surface area contributed by atoms with Crippen LogP contribution in [0.25, 0.3) is 4.85 Å². The van der Waals surface area contributed by atoms with Crippen LogP contribution in [0.3, 0.4) is 0 Å². The summed E-state index contributed by atoms with van der Waals surface area (Å²) in [6, 6.07) is 3.94. The highest BCUT2D eigenvalue weighted by molar-refractivity contribution is 5.86. The van der Waals surface area contributed by atoms with Gasteiger partial charge in [-0.25, -0.2) is 4.85 Å². The van der Waals surface area contributed by atoms with E-state index in [1.165, 1.54) is 0 Å².